The van der Waals surface area contributed by atoms with Crippen LogP contribution in [0.15, 0.2) is 53.4 Å². The lowest BCUT2D eigenvalue weighted by atomic mass is 10.1. The van der Waals surface area contributed by atoms with Gasteiger partial charge >= 0.3 is 0 Å². The van der Waals surface area contributed by atoms with Crippen molar-refractivity contribution in [2.75, 3.05) is 16.3 Å². The Hall–Kier alpha value is -2.96. The molecule has 0 aromatic heterocycles. The number of carbonyl (C=O) groups is 2. The monoisotopic (exact) mass is 482 g/mol. The van der Waals surface area contributed by atoms with Crippen molar-refractivity contribution in [2.45, 2.75) is 37.8 Å². The Morgan fingerprint density at radius 2 is 1.53 bits per heavy atom. The summed E-state index contributed by atoms with van der Waals surface area (Å²) >= 11 is 0. The van der Waals surface area contributed by atoms with Crippen molar-refractivity contribution < 1.29 is 26.4 Å². The summed E-state index contributed by atoms with van der Waals surface area (Å²) in [5, 5.41) is 5.24. The molecule has 0 heterocycles. The van der Waals surface area contributed by atoms with Gasteiger partial charge in [-0.05, 0) is 55.8 Å². The first kappa shape index (κ1) is 25.3. The minimum Gasteiger partial charge on any atom is -0.348 e. The Labute approximate surface area is 187 Å². The van der Waals surface area contributed by atoms with E-state index in [1.54, 1.807) is 31.2 Å². The number of anilines is 2. The van der Waals surface area contributed by atoms with Gasteiger partial charge in [0.05, 0.1) is 23.2 Å². The van der Waals surface area contributed by atoms with Crippen LogP contribution in [0.2, 0.25) is 0 Å². The van der Waals surface area contributed by atoms with E-state index in [2.05, 4.69) is 20.1 Å². The lowest BCUT2D eigenvalue weighted by Gasteiger charge is -2.19. The van der Waals surface area contributed by atoms with Gasteiger partial charge in [-0.15, -0.1) is 0 Å². The van der Waals surface area contributed by atoms with E-state index in [4.69, 9.17) is 0 Å². The molecule has 0 saturated heterocycles. The summed E-state index contributed by atoms with van der Waals surface area (Å²) in [5.41, 5.74) is 1.43. The van der Waals surface area contributed by atoms with Gasteiger partial charge in [-0.2, -0.15) is 4.72 Å². The van der Waals surface area contributed by atoms with Crippen molar-refractivity contribution in [2.24, 2.45) is 0 Å². The highest BCUT2D eigenvalue weighted by molar-refractivity contribution is 7.92. The van der Waals surface area contributed by atoms with E-state index in [0.29, 0.717) is 16.9 Å². The number of carbonyl (C=O) groups excluding carboxylic acids is 2. The zero-order valence-electron chi connectivity index (χ0n) is 18.0. The fourth-order valence-corrected chi connectivity index (χ4v) is 4.54. The number of nitrogens with one attached hydrogen (secondary N) is 4. The molecule has 0 aliphatic heterocycles. The van der Waals surface area contributed by atoms with Gasteiger partial charge in [0.2, 0.25) is 31.9 Å². The van der Waals surface area contributed by atoms with Gasteiger partial charge in [0.15, 0.2) is 0 Å². The normalized spacial score (nSPS) is 13.6. The minimum absolute atomic E-state index is 0.0566. The number of hydrogen-bond donors (Lipinski definition) is 4. The van der Waals surface area contributed by atoms with Gasteiger partial charge < -0.3 is 10.6 Å². The molecule has 0 radical (unpaired) electrons. The Morgan fingerprint density at radius 1 is 0.906 bits per heavy atom. The van der Waals surface area contributed by atoms with Gasteiger partial charge in [0.25, 0.3) is 0 Å². The van der Waals surface area contributed by atoms with Crippen LogP contribution in [0.1, 0.15) is 32.4 Å². The molecule has 2 atom stereocenters. The third-order valence-corrected chi connectivity index (χ3v) is 6.42. The predicted octanol–water partition coefficient (Wildman–Crippen LogP) is 1.56. The van der Waals surface area contributed by atoms with Crippen LogP contribution in [-0.4, -0.2) is 40.9 Å². The van der Waals surface area contributed by atoms with Gasteiger partial charge in [-0.3, -0.25) is 14.3 Å². The summed E-state index contributed by atoms with van der Waals surface area (Å²) in [6.07, 6.45) is 1.03. The number of rotatable bonds is 9. The first-order valence-corrected chi connectivity index (χ1v) is 12.9. The zero-order valence-corrected chi connectivity index (χ0v) is 19.7. The first-order chi connectivity index (χ1) is 14.8. The van der Waals surface area contributed by atoms with Crippen LogP contribution in [0.5, 0.6) is 0 Å². The Balaban J connectivity index is 2.04. The molecule has 174 valence electrons. The maximum atomic E-state index is 12.6. The number of amides is 2. The quantitative estimate of drug-likeness (QED) is 0.426. The molecule has 10 nitrogen and oxygen atoms in total. The largest absolute Gasteiger partial charge is 0.348 e. The summed E-state index contributed by atoms with van der Waals surface area (Å²) in [6.45, 7) is 4.44. The molecular weight excluding hydrogens is 456 g/mol. The highest BCUT2D eigenvalue weighted by Gasteiger charge is 2.23. The van der Waals surface area contributed by atoms with Crippen molar-refractivity contribution in [3.05, 3.63) is 54.1 Å². The molecule has 2 amide bonds. The second-order valence-electron chi connectivity index (χ2n) is 7.28. The Kier molecular flexibility index (Phi) is 7.99. The van der Waals surface area contributed by atoms with Gasteiger partial charge in [-0.1, -0.05) is 12.1 Å². The lowest BCUT2D eigenvalue weighted by Crippen LogP contribution is -2.45. The molecular formula is C20H26N4O6S2. The molecule has 0 bridgehead atoms. The summed E-state index contributed by atoms with van der Waals surface area (Å²) in [4.78, 5) is 23.5. The molecule has 0 spiro atoms. The van der Waals surface area contributed by atoms with E-state index >= 15 is 0 Å². The number of sulfonamides is 2. The average molecular weight is 483 g/mol. The number of benzene rings is 2. The Bertz CT molecular complexity index is 1190. The molecule has 2 aromatic rings. The fraction of sp³-hybridized carbons (Fsp3) is 0.300. The molecule has 0 aliphatic carbocycles. The van der Waals surface area contributed by atoms with E-state index < -0.39 is 38.0 Å². The van der Waals surface area contributed by atoms with Crippen molar-refractivity contribution in [3.8, 4) is 0 Å². The Morgan fingerprint density at radius 3 is 2.09 bits per heavy atom. The highest BCUT2D eigenvalue weighted by atomic mass is 32.2. The summed E-state index contributed by atoms with van der Waals surface area (Å²) in [5.74, 6) is -0.840. The fourth-order valence-electron chi connectivity index (χ4n) is 2.78. The van der Waals surface area contributed by atoms with E-state index in [9.17, 15) is 26.4 Å². The van der Waals surface area contributed by atoms with Crippen LogP contribution in [-0.2, 0) is 29.6 Å². The molecule has 1 unspecified atom stereocenters. The molecule has 2 rings (SSSR count). The second-order valence-corrected chi connectivity index (χ2v) is 10.7. The van der Waals surface area contributed by atoms with Gasteiger partial charge in [0.1, 0.15) is 0 Å². The van der Waals surface area contributed by atoms with Crippen molar-refractivity contribution in [1.82, 2.24) is 10.0 Å². The summed E-state index contributed by atoms with van der Waals surface area (Å²) < 4.78 is 52.6. The third kappa shape index (κ3) is 7.62. The van der Waals surface area contributed by atoms with Gasteiger partial charge in [0, 0.05) is 18.3 Å². The topological polar surface area (TPSA) is 151 Å². The smallest absolute Gasteiger partial charge is 0.241 e. The van der Waals surface area contributed by atoms with Crippen LogP contribution in [0.3, 0.4) is 0 Å². The first-order valence-electron chi connectivity index (χ1n) is 9.55. The predicted molar refractivity (Wildman–Crippen MR) is 122 cm³/mol. The standard InChI is InChI=1S/C20H26N4O6S2/c1-13(16-6-5-7-18(12-16)24-31(4,27)28)21-20(26)14(2)23-32(29,30)19-10-8-17(9-11-19)22-15(3)25/h5-14,23-24H,1-4H3,(H,21,26)(H,22,25)/t13?,14-/m0/s1. The van der Waals surface area contributed by atoms with Gasteiger partial charge in [-0.25, -0.2) is 16.8 Å². The van der Waals surface area contributed by atoms with Crippen molar-refractivity contribution >= 4 is 43.2 Å². The molecule has 0 saturated carbocycles. The van der Waals surface area contributed by atoms with Crippen LogP contribution < -0.4 is 20.1 Å². The van der Waals surface area contributed by atoms with Crippen LogP contribution in [0.25, 0.3) is 0 Å². The minimum atomic E-state index is -3.98. The third-order valence-electron chi connectivity index (χ3n) is 4.26. The molecule has 12 heteroatoms. The van der Waals surface area contributed by atoms with E-state index in [1.165, 1.54) is 38.1 Å². The lowest BCUT2D eigenvalue weighted by molar-refractivity contribution is -0.123. The summed E-state index contributed by atoms with van der Waals surface area (Å²) in [7, 11) is -7.42. The van der Waals surface area contributed by atoms with Crippen LogP contribution >= 0.6 is 0 Å². The van der Waals surface area contributed by atoms with Crippen molar-refractivity contribution in [1.29, 1.82) is 0 Å². The van der Waals surface area contributed by atoms with Crippen LogP contribution in [0, 0.1) is 0 Å². The van der Waals surface area contributed by atoms with E-state index in [1.807, 2.05) is 0 Å². The highest BCUT2D eigenvalue weighted by Crippen LogP contribution is 2.19. The van der Waals surface area contributed by atoms with E-state index in [0.717, 1.165) is 6.26 Å². The molecule has 0 aliphatic rings. The molecule has 4 N–H and O–H groups in total. The molecule has 0 fully saturated rings. The molecule has 2 aromatic carbocycles. The number of hydrogen-bond acceptors (Lipinski definition) is 6. The van der Waals surface area contributed by atoms with Crippen molar-refractivity contribution in [3.63, 3.8) is 0 Å². The maximum Gasteiger partial charge on any atom is 0.241 e. The summed E-state index contributed by atoms with van der Waals surface area (Å²) in [6, 6.07) is 10.5. The second kappa shape index (κ2) is 10.1. The SMILES string of the molecule is CC(=O)Nc1ccc(S(=O)(=O)N[C@@H](C)C(=O)NC(C)c2cccc(NS(C)(=O)=O)c2)cc1. The maximum absolute atomic E-state index is 12.6. The van der Waals surface area contributed by atoms with E-state index in [-0.39, 0.29) is 10.8 Å². The zero-order chi connectivity index (χ0) is 24.1. The average Bonchev–Trinajstić information content (AvgIpc) is 2.66. The molecule has 32 heavy (non-hydrogen) atoms. The van der Waals surface area contributed by atoms with Crippen LogP contribution in [0.4, 0.5) is 11.4 Å².